The Hall–Kier alpha value is -0.170. The monoisotopic (exact) mass is 251 g/mol. The van der Waals surface area contributed by atoms with Gasteiger partial charge in [-0.3, -0.25) is 0 Å². The number of sulfone groups is 1. The molecule has 0 amide bonds. The normalized spacial score (nSPS) is 21.4. The SMILES string of the molecule is COCCS(=O)(=O)CCNCC1CCCO1. The molecule has 1 atom stereocenters. The maximum atomic E-state index is 11.4. The summed E-state index contributed by atoms with van der Waals surface area (Å²) in [5.74, 6) is 0.272. The largest absolute Gasteiger partial charge is 0.384 e. The van der Waals surface area contributed by atoms with Crippen LogP contribution >= 0.6 is 0 Å². The Morgan fingerprint density at radius 3 is 2.88 bits per heavy atom. The fourth-order valence-corrected chi connectivity index (χ4v) is 2.69. The second-order valence-electron chi connectivity index (χ2n) is 3.98. The third-order valence-corrected chi connectivity index (χ3v) is 4.20. The molecule has 96 valence electrons. The topological polar surface area (TPSA) is 64.6 Å². The van der Waals surface area contributed by atoms with Gasteiger partial charge < -0.3 is 14.8 Å². The number of rotatable bonds is 8. The molecular weight excluding hydrogens is 230 g/mol. The molecule has 1 heterocycles. The van der Waals surface area contributed by atoms with E-state index in [-0.39, 0.29) is 24.2 Å². The molecule has 1 rings (SSSR count). The molecule has 1 aliphatic rings. The van der Waals surface area contributed by atoms with Gasteiger partial charge in [-0.15, -0.1) is 0 Å². The van der Waals surface area contributed by atoms with Crippen molar-refractivity contribution in [2.45, 2.75) is 18.9 Å². The average molecular weight is 251 g/mol. The summed E-state index contributed by atoms with van der Waals surface area (Å²) in [5, 5.41) is 3.11. The molecule has 0 aromatic rings. The Kier molecular flexibility index (Phi) is 6.26. The molecule has 0 spiro atoms. The third kappa shape index (κ3) is 5.79. The van der Waals surface area contributed by atoms with Crippen LogP contribution in [0.25, 0.3) is 0 Å². The standard InChI is InChI=1S/C10H21NO4S/c1-14-6-8-16(12,13)7-4-11-9-10-3-2-5-15-10/h10-11H,2-9H2,1H3. The molecule has 0 aromatic carbocycles. The van der Waals surface area contributed by atoms with E-state index in [1.54, 1.807) is 0 Å². The van der Waals surface area contributed by atoms with Crippen LogP contribution in [0.2, 0.25) is 0 Å². The molecule has 5 nitrogen and oxygen atoms in total. The lowest BCUT2D eigenvalue weighted by atomic mass is 10.2. The molecule has 1 fully saturated rings. The zero-order valence-corrected chi connectivity index (χ0v) is 10.6. The first-order valence-corrected chi connectivity index (χ1v) is 7.48. The van der Waals surface area contributed by atoms with Crippen LogP contribution in [0.15, 0.2) is 0 Å². The Morgan fingerprint density at radius 1 is 1.44 bits per heavy atom. The van der Waals surface area contributed by atoms with Crippen molar-refractivity contribution in [2.75, 3.05) is 44.9 Å². The lowest BCUT2D eigenvalue weighted by molar-refractivity contribution is 0.110. The molecule has 0 aromatic heterocycles. The van der Waals surface area contributed by atoms with E-state index in [9.17, 15) is 8.42 Å². The minimum Gasteiger partial charge on any atom is -0.384 e. The van der Waals surface area contributed by atoms with Crippen molar-refractivity contribution in [3.05, 3.63) is 0 Å². The van der Waals surface area contributed by atoms with Crippen molar-refractivity contribution in [2.24, 2.45) is 0 Å². The van der Waals surface area contributed by atoms with Crippen molar-refractivity contribution in [1.82, 2.24) is 5.32 Å². The summed E-state index contributed by atoms with van der Waals surface area (Å²) >= 11 is 0. The highest BCUT2D eigenvalue weighted by atomic mass is 32.2. The van der Waals surface area contributed by atoms with Gasteiger partial charge in [0.1, 0.15) is 0 Å². The molecule has 6 heteroatoms. The molecule has 0 radical (unpaired) electrons. The van der Waals surface area contributed by atoms with E-state index >= 15 is 0 Å². The molecular formula is C10H21NO4S. The van der Waals surface area contributed by atoms with Crippen LogP contribution in [0, 0.1) is 0 Å². The maximum Gasteiger partial charge on any atom is 0.153 e. The minimum atomic E-state index is -2.97. The molecule has 1 unspecified atom stereocenters. The summed E-state index contributed by atoms with van der Waals surface area (Å²) in [6.45, 7) is 2.35. The van der Waals surface area contributed by atoms with Gasteiger partial charge in [-0.05, 0) is 12.8 Å². The van der Waals surface area contributed by atoms with Gasteiger partial charge in [-0.1, -0.05) is 0 Å². The summed E-state index contributed by atoms with van der Waals surface area (Å²) in [6.07, 6.45) is 2.45. The van der Waals surface area contributed by atoms with Gasteiger partial charge in [0.05, 0.1) is 24.2 Å². The first-order valence-electron chi connectivity index (χ1n) is 5.66. The lowest BCUT2D eigenvalue weighted by Gasteiger charge is -2.10. The number of nitrogens with one attached hydrogen (secondary N) is 1. The van der Waals surface area contributed by atoms with E-state index in [4.69, 9.17) is 9.47 Å². The van der Waals surface area contributed by atoms with Gasteiger partial charge in [0.15, 0.2) is 9.84 Å². The second kappa shape index (κ2) is 7.21. The highest BCUT2D eigenvalue weighted by molar-refractivity contribution is 7.91. The molecule has 1 aliphatic heterocycles. The summed E-state index contributed by atoms with van der Waals surface area (Å²) in [5.41, 5.74) is 0. The van der Waals surface area contributed by atoms with Crippen LogP contribution in [0.3, 0.4) is 0 Å². The zero-order valence-electron chi connectivity index (χ0n) is 9.78. The van der Waals surface area contributed by atoms with Crippen molar-refractivity contribution in [3.8, 4) is 0 Å². The van der Waals surface area contributed by atoms with Crippen molar-refractivity contribution in [1.29, 1.82) is 0 Å². The van der Waals surface area contributed by atoms with Crippen LogP contribution in [-0.2, 0) is 19.3 Å². The van der Waals surface area contributed by atoms with Crippen molar-refractivity contribution >= 4 is 9.84 Å². The molecule has 0 aliphatic carbocycles. The van der Waals surface area contributed by atoms with Crippen LogP contribution in [0.4, 0.5) is 0 Å². The third-order valence-electron chi connectivity index (χ3n) is 2.58. The summed E-state index contributed by atoms with van der Waals surface area (Å²) in [7, 11) is -1.46. The molecule has 0 bridgehead atoms. The number of hydrogen-bond donors (Lipinski definition) is 1. The Labute approximate surface area is 97.4 Å². The Bertz CT molecular complexity index is 273. The van der Waals surface area contributed by atoms with Gasteiger partial charge in [-0.25, -0.2) is 8.42 Å². The zero-order chi connectivity index (χ0) is 11.9. The van der Waals surface area contributed by atoms with Gasteiger partial charge in [0.2, 0.25) is 0 Å². The van der Waals surface area contributed by atoms with Crippen LogP contribution in [0.1, 0.15) is 12.8 Å². The average Bonchev–Trinajstić information content (AvgIpc) is 2.75. The summed E-state index contributed by atoms with van der Waals surface area (Å²) in [6, 6.07) is 0. The van der Waals surface area contributed by atoms with E-state index in [2.05, 4.69) is 5.32 Å². The fourth-order valence-electron chi connectivity index (χ4n) is 1.61. The van der Waals surface area contributed by atoms with E-state index in [0.717, 1.165) is 26.0 Å². The van der Waals surface area contributed by atoms with Gasteiger partial charge >= 0.3 is 0 Å². The summed E-state index contributed by atoms with van der Waals surface area (Å²) < 4.78 is 33.0. The predicted octanol–water partition coefficient (Wildman–Crippen LogP) is -0.184. The number of ether oxygens (including phenoxy) is 2. The predicted molar refractivity (Wildman–Crippen MR) is 62.4 cm³/mol. The molecule has 0 saturated carbocycles. The second-order valence-corrected chi connectivity index (χ2v) is 6.29. The lowest BCUT2D eigenvalue weighted by Crippen LogP contribution is -2.31. The van der Waals surface area contributed by atoms with Gasteiger partial charge in [-0.2, -0.15) is 0 Å². The fraction of sp³-hybridized carbons (Fsp3) is 1.00. The maximum absolute atomic E-state index is 11.4. The van der Waals surface area contributed by atoms with Crippen LogP contribution in [0.5, 0.6) is 0 Å². The highest BCUT2D eigenvalue weighted by Crippen LogP contribution is 2.10. The first-order chi connectivity index (χ1) is 7.64. The van der Waals surface area contributed by atoms with E-state index < -0.39 is 9.84 Å². The van der Waals surface area contributed by atoms with Gasteiger partial charge in [0, 0.05) is 26.8 Å². The number of methoxy groups -OCH3 is 1. The van der Waals surface area contributed by atoms with Crippen molar-refractivity contribution < 1.29 is 17.9 Å². The molecule has 16 heavy (non-hydrogen) atoms. The summed E-state index contributed by atoms with van der Waals surface area (Å²) in [4.78, 5) is 0. The Balaban J connectivity index is 2.05. The van der Waals surface area contributed by atoms with E-state index in [1.807, 2.05) is 0 Å². The van der Waals surface area contributed by atoms with Crippen LogP contribution < -0.4 is 5.32 Å². The Morgan fingerprint density at radius 2 is 2.25 bits per heavy atom. The van der Waals surface area contributed by atoms with E-state index in [0.29, 0.717) is 6.54 Å². The molecule has 1 N–H and O–H groups in total. The van der Waals surface area contributed by atoms with Crippen LogP contribution in [-0.4, -0.2) is 59.4 Å². The minimum absolute atomic E-state index is 0.102. The van der Waals surface area contributed by atoms with Gasteiger partial charge in [0.25, 0.3) is 0 Å². The number of hydrogen-bond acceptors (Lipinski definition) is 5. The first kappa shape index (κ1) is 13.9. The van der Waals surface area contributed by atoms with E-state index in [1.165, 1.54) is 7.11 Å². The quantitative estimate of drug-likeness (QED) is 0.606. The smallest absolute Gasteiger partial charge is 0.153 e. The highest BCUT2D eigenvalue weighted by Gasteiger charge is 2.15. The van der Waals surface area contributed by atoms with Crippen molar-refractivity contribution in [3.63, 3.8) is 0 Å². The molecule has 1 saturated heterocycles.